The average Bonchev–Trinajstić information content (AvgIpc) is 3.60. The lowest BCUT2D eigenvalue weighted by Crippen LogP contribution is -2.65. The molecule has 3 saturated heterocycles. The molecule has 428 valence electrons. The number of nitrogens with zero attached hydrogens (tertiary/aromatic N) is 1. The fraction of sp³-hybridized carbons (Fsp3) is 0.316. The predicted octanol–water partition coefficient (Wildman–Crippen LogP) is 6.08. The summed E-state index contributed by atoms with van der Waals surface area (Å²) in [5.41, 5.74) is 2.34. The van der Waals surface area contributed by atoms with Crippen molar-refractivity contribution >= 4 is 45.0 Å². The van der Waals surface area contributed by atoms with Crippen LogP contribution in [0.5, 0.6) is 0 Å². The lowest BCUT2D eigenvalue weighted by Gasteiger charge is -2.48. The highest BCUT2D eigenvalue weighted by molar-refractivity contribution is 7.91. The third kappa shape index (κ3) is 13.2. The fourth-order valence-corrected chi connectivity index (χ4v) is 11.4. The zero-order valence-electron chi connectivity index (χ0n) is 42.5. The molecule has 6 aromatic rings. The van der Waals surface area contributed by atoms with Gasteiger partial charge in [0.25, 0.3) is 0 Å². The first-order chi connectivity index (χ1) is 38.8. The van der Waals surface area contributed by atoms with Gasteiger partial charge in [0, 0.05) is 5.69 Å². The number of amides is 3. The van der Waals surface area contributed by atoms with Gasteiger partial charge in [-0.2, -0.15) is 0 Å². The molecule has 24 heteroatoms. The Morgan fingerprint density at radius 1 is 0.642 bits per heavy atom. The van der Waals surface area contributed by atoms with Crippen LogP contribution in [0, 0.1) is 29.2 Å². The number of hydrogen-bond donors (Lipinski definition) is 8. The second kappa shape index (κ2) is 25.2. The minimum atomic E-state index is -4.33. The number of carbonyl (C=O) groups excluding carboxylic acids is 3. The summed E-state index contributed by atoms with van der Waals surface area (Å²) in [5, 5.41) is 70.8. The van der Waals surface area contributed by atoms with Crippen LogP contribution in [0.25, 0.3) is 11.1 Å². The molecular weight excluding hydrogens is 1090 g/mol. The van der Waals surface area contributed by atoms with Crippen LogP contribution < -0.4 is 15.5 Å². The van der Waals surface area contributed by atoms with Crippen molar-refractivity contribution in [1.82, 2.24) is 0 Å². The first-order valence-electron chi connectivity index (χ1n) is 25.5. The summed E-state index contributed by atoms with van der Waals surface area (Å²) in [5.74, 6) is -4.31. The number of aliphatic hydroxyl groups is 6. The van der Waals surface area contributed by atoms with Gasteiger partial charge >= 0.3 is 12.2 Å². The minimum Gasteiger partial charge on any atom is -0.446 e. The molecule has 13 atom stereocenters. The average molecular weight is 1150 g/mol. The number of nitrogens with one attached hydrogen (secondary N) is 2. The number of para-hydroxylation sites is 2. The van der Waals surface area contributed by atoms with Crippen molar-refractivity contribution in [2.45, 2.75) is 91.1 Å². The number of β-lactam (4-membered cyclic amide) rings is 1. The molecular formula is C57H55F4N3O16S. The van der Waals surface area contributed by atoms with E-state index in [9.17, 15) is 71.0 Å². The molecule has 0 radical (unpaired) electrons. The Kier molecular flexibility index (Phi) is 18.1. The van der Waals surface area contributed by atoms with E-state index in [1.807, 2.05) is 0 Å². The van der Waals surface area contributed by atoms with E-state index >= 15 is 0 Å². The molecule has 3 amide bonds. The SMILES string of the molecule is O=C(Nc1ccccc1F)OCC1O[C@@H](O[C@@H]2C(CO)O[C@@H](CS(=O)(=O)c3ccc(-c4ccc([C@@H]5[C@@H](CC[C@H](O)c6ccc(F)cc6)C(=O)N5c5ccc(F)cc5)cc4)cc3)[C@@H](O)C2O)[C@@H](O)C(O)[C@@H]1OC(=O)Nc1ccccc1F. The molecule has 3 aliphatic rings. The third-order valence-corrected chi connectivity index (χ3v) is 16.0. The number of rotatable bonds is 18. The molecule has 9 rings (SSSR count). The van der Waals surface area contributed by atoms with Crippen molar-refractivity contribution in [3.05, 3.63) is 180 Å². The maximum Gasteiger partial charge on any atom is 0.412 e. The fourth-order valence-electron chi connectivity index (χ4n) is 9.94. The molecule has 6 aromatic carbocycles. The van der Waals surface area contributed by atoms with Crippen LogP contribution in [0.4, 0.5) is 44.2 Å². The van der Waals surface area contributed by atoms with Gasteiger partial charge in [-0.3, -0.25) is 15.4 Å². The van der Waals surface area contributed by atoms with Crippen LogP contribution >= 0.6 is 0 Å². The second-order valence-electron chi connectivity index (χ2n) is 19.5. The molecule has 0 aliphatic carbocycles. The van der Waals surface area contributed by atoms with E-state index in [2.05, 4.69) is 10.6 Å². The Hall–Kier alpha value is -7.36. The minimum absolute atomic E-state index is 0.202. The van der Waals surface area contributed by atoms with E-state index in [1.165, 1.54) is 109 Å². The van der Waals surface area contributed by atoms with Gasteiger partial charge in [-0.15, -0.1) is 0 Å². The summed E-state index contributed by atoms with van der Waals surface area (Å²) in [4.78, 5) is 40.7. The van der Waals surface area contributed by atoms with Crippen molar-refractivity contribution in [2.24, 2.45) is 5.92 Å². The van der Waals surface area contributed by atoms with Crippen LogP contribution in [0.2, 0.25) is 0 Å². The summed E-state index contributed by atoms with van der Waals surface area (Å²) < 4.78 is 112. The zero-order valence-corrected chi connectivity index (χ0v) is 43.3. The van der Waals surface area contributed by atoms with Crippen LogP contribution in [0.1, 0.15) is 36.1 Å². The number of ether oxygens (including phenoxy) is 5. The molecule has 3 aliphatic heterocycles. The van der Waals surface area contributed by atoms with Crippen LogP contribution in [-0.2, 0) is 38.3 Å². The highest BCUT2D eigenvalue weighted by Crippen LogP contribution is 2.47. The summed E-state index contributed by atoms with van der Waals surface area (Å²) in [6, 6.07) is 33.3. The van der Waals surface area contributed by atoms with E-state index in [0.717, 1.165) is 17.7 Å². The number of benzene rings is 6. The molecule has 19 nitrogen and oxygen atoms in total. The number of aliphatic hydroxyl groups excluding tert-OH is 6. The molecule has 0 aromatic heterocycles. The first kappa shape index (κ1) is 58.3. The van der Waals surface area contributed by atoms with Gasteiger partial charge in [0.15, 0.2) is 22.2 Å². The summed E-state index contributed by atoms with van der Waals surface area (Å²) in [6.45, 7) is -1.85. The number of hydrogen-bond acceptors (Lipinski definition) is 16. The number of halogens is 4. The third-order valence-electron chi connectivity index (χ3n) is 14.2. The number of carbonyl (C=O) groups is 3. The lowest BCUT2D eigenvalue weighted by molar-refractivity contribution is -0.340. The Balaban J connectivity index is 0.848. The molecule has 0 spiro atoms. The first-order valence-corrected chi connectivity index (χ1v) is 27.1. The molecule has 0 saturated carbocycles. The van der Waals surface area contributed by atoms with E-state index in [1.54, 1.807) is 29.2 Å². The summed E-state index contributed by atoms with van der Waals surface area (Å²) >= 11 is 0. The Morgan fingerprint density at radius 3 is 1.79 bits per heavy atom. The predicted molar refractivity (Wildman–Crippen MR) is 280 cm³/mol. The van der Waals surface area contributed by atoms with Crippen LogP contribution in [0.15, 0.2) is 150 Å². The molecule has 81 heavy (non-hydrogen) atoms. The number of anilines is 3. The molecule has 4 unspecified atom stereocenters. The van der Waals surface area contributed by atoms with Gasteiger partial charge < -0.3 is 59.2 Å². The van der Waals surface area contributed by atoms with Gasteiger partial charge in [0.1, 0.15) is 78.7 Å². The van der Waals surface area contributed by atoms with Crippen molar-refractivity contribution in [1.29, 1.82) is 0 Å². The Labute approximate surface area is 460 Å². The quantitative estimate of drug-likeness (QED) is 0.0358. The van der Waals surface area contributed by atoms with Crippen molar-refractivity contribution < 1.29 is 94.7 Å². The van der Waals surface area contributed by atoms with Crippen molar-refractivity contribution in [3.8, 4) is 11.1 Å². The highest BCUT2D eigenvalue weighted by Gasteiger charge is 2.53. The van der Waals surface area contributed by atoms with Gasteiger partial charge in [0.2, 0.25) is 5.91 Å². The van der Waals surface area contributed by atoms with E-state index < -0.39 is 144 Å². The highest BCUT2D eigenvalue weighted by atomic mass is 32.2. The molecule has 8 N–H and O–H groups in total. The monoisotopic (exact) mass is 1150 g/mol. The van der Waals surface area contributed by atoms with Crippen molar-refractivity contribution in [3.63, 3.8) is 0 Å². The number of sulfone groups is 1. The second-order valence-corrected chi connectivity index (χ2v) is 21.5. The van der Waals surface area contributed by atoms with Crippen LogP contribution in [-0.4, -0.2) is 137 Å². The standard InChI is InChI=1S/C57H55F4N3O16S/c58-34-17-13-32(14-18-34)43(66)26-25-38-47(64(54(38)71)36-21-19-35(59)20-22-36)33-11-9-30(10-12-33)31-15-23-37(24-16-31)81(74,75)29-46-48(67)49(68)52(44(27-65)77-46)79-55-51(70)50(69)53(80-57(73)63-42-8-4-2-6-40(42)61)45(78-55)28-76-56(72)62-41-7-3-1-5-39(41)60/h1-24,38,43-53,55,65-70H,25-29H2,(H,62,72)(H,63,73)/t38-,43+,44?,45?,46+,47-,48-,49?,50?,51+,52-,53-,55+/m1/s1. The normalized spacial score (nSPS) is 26.0. The van der Waals surface area contributed by atoms with Gasteiger partial charge in [-0.25, -0.2) is 35.6 Å². The van der Waals surface area contributed by atoms with E-state index in [4.69, 9.17) is 23.7 Å². The van der Waals surface area contributed by atoms with E-state index in [-0.39, 0.29) is 35.0 Å². The molecule has 3 fully saturated rings. The lowest BCUT2D eigenvalue weighted by atomic mass is 9.78. The maximum atomic E-state index is 14.4. The van der Waals surface area contributed by atoms with Crippen LogP contribution in [0.3, 0.4) is 0 Å². The van der Waals surface area contributed by atoms with Crippen molar-refractivity contribution in [2.75, 3.05) is 34.5 Å². The smallest absolute Gasteiger partial charge is 0.412 e. The zero-order chi connectivity index (χ0) is 57.7. The Morgan fingerprint density at radius 2 is 1.20 bits per heavy atom. The topological polar surface area (TPSA) is 280 Å². The summed E-state index contributed by atoms with van der Waals surface area (Å²) in [6.07, 6.45) is -22.2. The largest absolute Gasteiger partial charge is 0.446 e. The maximum absolute atomic E-state index is 14.4. The Bertz CT molecular complexity index is 3280. The van der Waals surface area contributed by atoms with Gasteiger partial charge in [-0.05, 0) is 108 Å². The van der Waals surface area contributed by atoms with Gasteiger partial charge in [0.05, 0.1) is 46.7 Å². The summed E-state index contributed by atoms with van der Waals surface area (Å²) in [7, 11) is -4.33. The van der Waals surface area contributed by atoms with Gasteiger partial charge in [-0.1, -0.05) is 72.8 Å². The molecule has 0 bridgehead atoms. The molecule has 3 heterocycles. The van der Waals surface area contributed by atoms with E-state index in [0.29, 0.717) is 22.4 Å².